The van der Waals surface area contributed by atoms with Gasteiger partial charge in [0.1, 0.15) is 0 Å². The van der Waals surface area contributed by atoms with Crippen molar-refractivity contribution in [2.45, 2.75) is 52.2 Å². The molecular weight excluding hydrogens is 308 g/mol. The molecule has 1 N–H and O–H groups in total. The van der Waals surface area contributed by atoms with Gasteiger partial charge in [0.05, 0.1) is 0 Å². The van der Waals surface area contributed by atoms with Gasteiger partial charge in [-0.1, -0.05) is 69.8 Å². The highest BCUT2D eigenvalue weighted by Gasteiger charge is 2.24. The Labute approximate surface area is 143 Å². The van der Waals surface area contributed by atoms with Crippen molar-refractivity contribution in [3.8, 4) is 0 Å². The number of carbonyl (C=O) groups is 2. The first kappa shape index (κ1) is 19.8. The number of aliphatic carboxylic acids is 1. The molecular formula is C19H28O3S. The average molecular weight is 336 g/mol. The summed E-state index contributed by atoms with van der Waals surface area (Å²) in [5.74, 6) is -0.158. The molecule has 0 radical (unpaired) electrons. The van der Waals surface area contributed by atoms with Crippen molar-refractivity contribution in [2.24, 2.45) is 17.8 Å². The van der Waals surface area contributed by atoms with Gasteiger partial charge in [-0.15, -0.1) is 0 Å². The molecule has 0 unspecified atom stereocenters. The number of thioether (sulfide) groups is 1. The van der Waals surface area contributed by atoms with Gasteiger partial charge in [-0.2, -0.15) is 0 Å². The van der Waals surface area contributed by atoms with Crippen LogP contribution in [0.3, 0.4) is 0 Å². The lowest BCUT2D eigenvalue weighted by Crippen LogP contribution is -2.15. The average Bonchev–Trinajstić information content (AvgIpc) is 2.43. The van der Waals surface area contributed by atoms with Crippen LogP contribution >= 0.6 is 11.8 Å². The summed E-state index contributed by atoms with van der Waals surface area (Å²) >= 11 is 1.36. The number of carboxylic acids is 1. The summed E-state index contributed by atoms with van der Waals surface area (Å²) in [6, 6.07) is 10.0. The van der Waals surface area contributed by atoms with Gasteiger partial charge in [-0.05, 0) is 29.7 Å². The van der Waals surface area contributed by atoms with Crippen LogP contribution in [-0.2, 0) is 9.59 Å². The summed E-state index contributed by atoms with van der Waals surface area (Å²) in [5.41, 5.74) is 1.15. The molecule has 0 heterocycles. The lowest BCUT2D eigenvalue weighted by atomic mass is 9.92. The molecule has 3 nitrogen and oxygen atoms in total. The molecule has 0 aliphatic rings. The van der Waals surface area contributed by atoms with Crippen LogP contribution in [0.4, 0.5) is 0 Å². The van der Waals surface area contributed by atoms with Crippen LogP contribution in [0, 0.1) is 17.8 Å². The minimum absolute atomic E-state index is 0.0716. The molecule has 1 aromatic rings. The van der Waals surface area contributed by atoms with Gasteiger partial charge >= 0.3 is 5.97 Å². The largest absolute Gasteiger partial charge is 0.481 e. The Morgan fingerprint density at radius 3 is 2.13 bits per heavy atom. The van der Waals surface area contributed by atoms with Crippen LogP contribution in [0.5, 0.6) is 0 Å². The fourth-order valence-corrected chi connectivity index (χ4v) is 3.99. The molecule has 0 aliphatic heterocycles. The molecule has 0 saturated heterocycles. The maximum Gasteiger partial charge on any atom is 0.303 e. The Hall–Kier alpha value is -1.29. The van der Waals surface area contributed by atoms with E-state index in [0.29, 0.717) is 18.3 Å². The summed E-state index contributed by atoms with van der Waals surface area (Å²) in [6.45, 7) is 8.35. The molecule has 0 saturated carbocycles. The van der Waals surface area contributed by atoms with Gasteiger partial charge in [0.15, 0.2) is 5.12 Å². The van der Waals surface area contributed by atoms with Crippen LogP contribution in [0.1, 0.15) is 57.8 Å². The van der Waals surface area contributed by atoms with E-state index >= 15 is 0 Å². The fraction of sp³-hybridized carbons (Fsp3) is 0.579. The maximum absolute atomic E-state index is 12.5. The van der Waals surface area contributed by atoms with E-state index < -0.39 is 5.97 Å². The summed E-state index contributed by atoms with van der Waals surface area (Å²) in [7, 11) is 0. The Bertz CT molecular complexity index is 497. The summed E-state index contributed by atoms with van der Waals surface area (Å²) < 4.78 is 0. The second-order valence-corrected chi connectivity index (χ2v) is 8.06. The van der Waals surface area contributed by atoms with Gasteiger partial charge in [-0.25, -0.2) is 0 Å². The van der Waals surface area contributed by atoms with E-state index in [9.17, 15) is 9.59 Å². The zero-order chi connectivity index (χ0) is 17.4. The highest BCUT2D eigenvalue weighted by Crippen LogP contribution is 2.37. The molecule has 1 rings (SSSR count). The number of benzene rings is 1. The third-order valence-corrected chi connectivity index (χ3v) is 5.22. The zero-order valence-corrected chi connectivity index (χ0v) is 15.3. The third kappa shape index (κ3) is 7.69. The number of hydrogen-bond acceptors (Lipinski definition) is 3. The van der Waals surface area contributed by atoms with E-state index in [1.807, 2.05) is 30.3 Å². The lowest BCUT2D eigenvalue weighted by Gasteiger charge is -2.22. The van der Waals surface area contributed by atoms with E-state index in [0.717, 1.165) is 12.0 Å². The van der Waals surface area contributed by atoms with Crippen molar-refractivity contribution >= 4 is 22.8 Å². The van der Waals surface area contributed by atoms with Crippen LogP contribution < -0.4 is 0 Å². The molecule has 0 fully saturated rings. The Balaban J connectivity index is 2.72. The first-order chi connectivity index (χ1) is 10.8. The van der Waals surface area contributed by atoms with Crippen molar-refractivity contribution in [3.63, 3.8) is 0 Å². The highest BCUT2D eigenvalue weighted by atomic mass is 32.2. The second kappa shape index (κ2) is 9.76. The van der Waals surface area contributed by atoms with E-state index in [2.05, 4.69) is 27.7 Å². The van der Waals surface area contributed by atoms with Gasteiger partial charge in [0.25, 0.3) is 0 Å². The maximum atomic E-state index is 12.5. The van der Waals surface area contributed by atoms with E-state index in [-0.39, 0.29) is 22.7 Å². The molecule has 0 amide bonds. The summed E-state index contributed by atoms with van der Waals surface area (Å²) in [5, 5.41) is 9.26. The minimum atomic E-state index is -0.822. The van der Waals surface area contributed by atoms with Gasteiger partial charge in [-0.3, -0.25) is 9.59 Å². The van der Waals surface area contributed by atoms with E-state index in [1.165, 1.54) is 11.8 Å². The quantitative estimate of drug-likeness (QED) is 0.676. The first-order valence-corrected chi connectivity index (χ1v) is 9.13. The number of hydrogen-bond donors (Lipinski definition) is 1. The van der Waals surface area contributed by atoms with Crippen molar-refractivity contribution < 1.29 is 14.7 Å². The first-order valence-electron chi connectivity index (χ1n) is 8.25. The van der Waals surface area contributed by atoms with Crippen LogP contribution in [0.2, 0.25) is 0 Å². The predicted octanol–water partition coefficient (Wildman–Crippen LogP) is 5.17. The molecule has 1 aromatic carbocycles. The smallest absolute Gasteiger partial charge is 0.303 e. The Kier molecular flexibility index (Phi) is 8.38. The minimum Gasteiger partial charge on any atom is -0.481 e. The topological polar surface area (TPSA) is 54.4 Å². The summed E-state index contributed by atoms with van der Waals surface area (Å²) in [4.78, 5) is 23.5. The van der Waals surface area contributed by atoms with Crippen LogP contribution in [0.15, 0.2) is 30.3 Å². The Morgan fingerprint density at radius 1 is 1.04 bits per heavy atom. The van der Waals surface area contributed by atoms with Crippen molar-refractivity contribution in [1.29, 1.82) is 0 Å². The number of rotatable bonds is 9. The molecule has 4 heteroatoms. The fourth-order valence-electron chi connectivity index (χ4n) is 2.81. The molecule has 0 aliphatic carbocycles. The standard InChI is InChI=1S/C19H28O3S/c1-13(2)10-15(11-17(20)21)12-18(22)23-19(14(3)4)16-8-6-5-7-9-16/h5-9,13-15,19H,10-12H2,1-4H3,(H,20,21)/t15-,19-/m1/s1. The van der Waals surface area contributed by atoms with Crippen molar-refractivity contribution in [3.05, 3.63) is 35.9 Å². The molecule has 128 valence electrons. The van der Waals surface area contributed by atoms with Gasteiger partial charge < -0.3 is 5.11 Å². The van der Waals surface area contributed by atoms with Gasteiger partial charge in [0, 0.05) is 18.1 Å². The molecule has 0 bridgehead atoms. The normalized spacial score (nSPS) is 14.0. The Morgan fingerprint density at radius 2 is 1.65 bits per heavy atom. The molecule has 0 aromatic heterocycles. The monoisotopic (exact) mass is 336 g/mol. The lowest BCUT2D eigenvalue weighted by molar-refractivity contribution is -0.138. The van der Waals surface area contributed by atoms with Crippen molar-refractivity contribution in [1.82, 2.24) is 0 Å². The summed E-state index contributed by atoms with van der Waals surface area (Å²) in [6.07, 6.45) is 1.18. The molecule has 0 spiro atoms. The molecule has 2 atom stereocenters. The molecule has 23 heavy (non-hydrogen) atoms. The zero-order valence-electron chi connectivity index (χ0n) is 14.5. The predicted molar refractivity (Wildman–Crippen MR) is 96.4 cm³/mol. The SMILES string of the molecule is CC(C)C[C@H](CC(=O)O)CC(=O)S[C@@H](c1ccccc1)C(C)C. The number of carbonyl (C=O) groups excluding carboxylic acids is 1. The van der Waals surface area contributed by atoms with E-state index in [4.69, 9.17) is 5.11 Å². The van der Waals surface area contributed by atoms with Crippen LogP contribution in [0.25, 0.3) is 0 Å². The second-order valence-electron chi connectivity index (χ2n) is 6.86. The van der Waals surface area contributed by atoms with Gasteiger partial charge in [0.2, 0.25) is 0 Å². The highest BCUT2D eigenvalue weighted by molar-refractivity contribution is 8.13. The van der Waals surface area contributed by atoms with Crippen molar-refractivity contribution in [2.75, 3.05) is 0 Å². The van der Waals surface area contributed by atoms with Crippen LogP contribution in [-0.4, -0.2) is 16.2 Å². The third-order valence-electron chi connectivity index (χ3n) is 3.72. The van der Waals surface area contributed by atoms with E-state index in [1.54, 1.807) is 0 Å². The number of carboxylic acid groups (broad SMARTS) is 1.